The molecule has 0 aromatic heterocycles. The number of nitrogens with zero attached hydrogens (tertiary/aromatic N) is 1. The van der Waals surface area contributed by atoms with Crippen LogP contribution in [0, 0.1) is 15.9 Å². The number of nitro groups is 1. The van der Waals surface area contributed by atoms with Gasteiger partial charge < -0.3 is 11.1 Å². The second-order valence-corrected chi connectivity index (χ2v) is 4.20. The van der Waals surface area contributed by atoms with E-state index in [1.54, 1.807) is 24.3 Å². The van der Waals surface area contributed by atoms with Crippen molar-refractivity contribution in [3.05, 3.63) is 57.4 Å². The lowest BCUT2D eigenvalue weighted by Crippen LogP contribution is -1.99. The van der Waals surface area contributed by atoms with Gasteiger partial charge in [0.1, 0.15) is 11.5 Å². The highest BCUT2D eigenvalue weighted by atomic mass is 35.5. The van der Waals surface area contributed by atoms with E-state index in [0.717, 1.165) is 12.1 Å². The van der Waals surface area contributed by atoms with Gasteiger partial charge in [-0.15, -0.1) is 0 Å². The summed E-state index contributed by atoms with van der Waals surface area (Å²) >= 11 is 5.53. The summed E-state index contributed by atoms with van der Waals surface area (Å²) in [4.78, 5) is 10.3. The van der Waals surface area contributed by atoms with Crippen molar-refractivity contribution in [3.63, 3.8) is 0 Å². The molecule has 0 fully saturated rings. The Kier molecular flexibility index (Phi) is 3.52. The van der Waals surface area contributed by atoms with E-state index >= 15 is 0 Å². The van der Waals surface area contributed by atoms with Gasteiger partial charge in [-0.1, -0.05) is 17.7 Å². The summed E-state index contributed by atoms with van der Waals surface area (Å²) in [5.74, 6) is -0.737. The van der Waals surface area contributed by atoms with Gasteiger partial charge in [0.05, 0.1) is 9.95 Å². The molecule has 0 saturated carbocycles. The molecule has 0 amide bonds. The highest BCUT2D eigenvalue weighted by Crippen LogP contribution is 2.32. The third-order valence-electron chi connectivity index (χ3n) is 2.40. The Bertz CT molecular complexity index is 649. The van der Waals surface area contributed by atoms with Gasteiger partial charge in [0.15, 0.2) is 0 Å². The number of hydrogen-bond donors (Lipinski definition) is 2. The van der Waals surface area contributed by atoms with Crippen LogP contribution in [0.25, 0.3) is 0 Å². The number of nitrogen functional groups attached to an aromatic ring is 1. The summed E-state index contributed by atoms with van der Waals surface area (Å²) in [5.41, 5.74) is 6.30. The highest BCUT2D eigenvalue weighted by molar-refractivity contribution is 6.31. The first-order chi connectivity index (χ1) is 8.97. The van der Waals surface area contributed by atoms with E-state index in [2.05, 4.69) is 5.32 Å². The molecule has 19 heavy (non-hydrogen) atoms. The third kappa shape index (κ3) is 2.92. The SMILES string of the molecule is Nc1cccc(Nc2cc(F)c(Cl)cc2[N+](=O)[O-])c1. The molecule has 0 bridgehead atoms. The second-order valence-electron chi connectivity index (χ2n) is 3.79. The van der Waals surface area contributed by atoms with Crippen LogP contribution in [0.4, 0.5) is 27.1 Å². The maximum absolute atomic E-state index is 13.4. The lowest BCUT2D eigenvalue weighted by Gasteiger charge is -2.08. The van der Waals surface area contributed by atoms with Crippen molar-refractivity contribution in [2.24, 2.45) is 0 Å². The summed E-state index contributed by atoms with van der Waals surface area (Å²) in [5, 5.41) is 13.3. The highest BCUT2D eigenvalue weighted by Gasteiger charge is 2.17. The van der Waals surface area contributed by atoms with Crippen molar-refractivity contribution in [1.29, 1.82) is 0 Å². The molecule has 98 valence electrons. The third-order valence-corrected chi connectivity index (χ3v) is 2.69. The molecule has 2 aromatic carbocycles. The normalized spacial score (nSPS) is 10.2. The topological polar surface area (TPSA) is 81.2 Å². The number of halogens is 2. The van der Waals surface area contributed by atoms with Crippen LogP contribution in [0.1, 0.15) is 0 Å². The molecule has 2 rings (SSSR count). The Morgan fingerprint density at radius 3 is 2.68 bits per heavy atom. The number of nitro benzene ring substituents is 1. The molecule has 0 saturated heterocycles. The standard InChI is InChI=1S/C12H9ClFN3O2/c13-9-5-12(17(18)19)11(6-10(9)14)16-8-3-1-2-7(15)4-8/h1-6,16H,15H2. The van der Waals surface area contributed by atoms with Gasteiger partial charge in [0.2, 0.25) is 0 Å². The van der Waals surface area contributed by atoms with Crippen molar-refractivity contribution in [2.45, 2.75) is 0 Å². The van der Waals surface area contributed by atoms with Crippen molar-refractivity contribution < 1.29 is 9.31 Å². The average Bonchev–Trinajstić information content (AvgIpc) is 2.33. The fraction of sp³-hybridized carbons (Fsp3) is 0. The second kappa shape index (κ2) is 5.11. The molecular formula is C12H9ClFN3O2. The fourth-order valence-corrected chi connectivity index (χ4v) is 1.72. The maximum atomic E-state index is 13.4. The molecule has 5 nitrogen and oxygen atoms in total. The van der Waals surface area contributed by atoms with Crippen LogP contribution in [0.5, 0.6) is 0 Å². The molecule has 0 aliphatic heterocycles. The quantitative estimate of drug-likeness (QED) is 0.510. The van der Waals surface area contributed by atoms with E-state index < -0.39 is 10.7 Å². The zero-order valence-electron chi connectivity index (χ0n) is 9.56. The molecule has 7 heteroatoms. The smallest absolute Gasteiger partial charge is 0.294 e. The van der Waals surface area contributed by atoms with Gasteiger partial charge in [-0.2, -0.15) is 0 Å². The summed E-state index contributed by atoms with van der Waals surface area (Å²) in [6.45, 7) is 0. The molecule has 0 aliphatic carbocycles. The Hall–Kier alpha value is -2.34. The predicted octanol–water partition coefficient (Wildman–Crippen LogP) is 3.71. The van der Waals surface area contributed by atoms with Gasteiger partial charge in [0, 0.05) is 23.5 Å². The first kappa shape index (κ1) is 13.1. The summed E-state index contributed by atoms with van der Waals surface area (Å²) < 4.78 is 13.4. The first-order valence-electron chi connectivity index (χ1n) is 5.23. The van der Waals surface area contributed by atoms with Crippen LogP contribution in [-0.4, -0.2) is 4.92 Å². The monoisotopic (exact) mass is 281 g/mol. The minimum absolute atomic E-state index is 0.0116. The summed E-state index contributed by atoms with van der Waals surface area (Å²) in [6, 6.07) is 8.52. The molecule has 0 heterocycles. The molecule has 0 atom stereocenters. The van der Waals surface area contributed by atoms with Crippen LogP contribution in [0.3, 0.4) is 0 Å². The van der Waals surface area contributed by atoms with E-state index in [4.69, 9.17) is 17.3 Å². The van der Waals surface area contributed by atoms with Gasteiger partial charge in [-0.25, -0.2) is 4.39 Å². The molecule has 0 radical (unpaired) electrons. The fourth-order valence-electron chi connectivity index (χ4n) is 1.56. The van der Waals surface area contributed by atoms with Crippen molar-refractivity contribution in [2.75, 3.05) is 11.1 Å². The van der Waals surface area contributed by atoms with E-state index in [1.807, 2.05) is 0 Å². The van der Waals surface area contributed by atoms with Gasteiger partial charge in [-0.05, 0) is 18.2 Å². The van der Waals surface area contributed by atoms with Crippen LogP contribution >= 0.6 is 11.6 Å². The largest absolute Gasteiger partial charge is 0.399 e. The average molecular weight is 282 g/mol. The van der Waals surface area contributed by atoms with Crippen molar-refractivity contribution >= 4 is 34.4 Å². The Morgan fingerprint density at radius 1 is 1.32 bits per heavy atom. The molecule has 0 unspecified atom stereocenters. The molecule has 3 N–H and O–H groups in total. The number of nitrogens with one attached hydrogen (secondary N) is 1. The Balaban J connectivity index is 2.44. The first-order valence-corrected chi connectivity index (χ1v) is 5.61. The van der Waals surface area contributed by atoms with Crippen LogP contribution < -0.4 is 11.1 Å². The zero-order chi connectivity index (χ0) is 14.0. The van der Waals surface area contributed by atoms with E-state index in [9.17, 15) is 14.5 Å². The zero-order valence-corrected chi connectivity index (χ0v) is 10.3. The van der Waals surface area contributed by atoms with E-state index in [-0.39, 0.29) is 16.4 Å². The van der Waals surface area contributed by atoms with Gasteiger partial charge in [-0.3, -0.25) is 10.1 Å². The van der Waals surface area contributed by atoms with Gasteiger partial charge >= 0.3 is 0 Å². The lowest BCUT2D eigenvalue weighted by molar-refractivity contribution is -0.383. The number of rotatable bonds is 3. The minimum Gasteiger partial charge on any atom is -0.399 e. The number of nitrogens with two attached hydrogens (primary N) is 1. The van der Waals surface area contributed by atoms with E-state index in [1.165, 1.54) is 0 Å². The minimum atomic E-state index is -0.737. The number of anilines is 3. The summed E-state index contributed by atoms with van der Waals surface area (Å²) in [6.07, 6.45) is 0. The molecule has 0 aliphatic rings. The van der Waals surface area contributed by atoms with Crippen LogP contribution in [0.2, 0.25) is 5.02 Å². The molecule has 2 aromatic rings. The summed E-state index contributed by atoms with van der Waals surface area (Å²) in [7, 11) is 0. The van der Waals surface area contributed by atoms with Crippen LogP contribution in [0.15, 0.2) is 36.4 Å². The van der Waals surface area contributed by atoms with Crippen molar-refractivity contribution in [3.8, 4) is 0 Å². The molecule has 0 spiro atoms. The van der Waals surface area contributed by atoms with Crippen molar-refractivity contribution in [1.82, 2.24) is 0 Å². The molecular weight excluding hydrogens is 273 g/mol. The lowest BCUT2D eigenvalue weighted by atomic mass is 10.2. The Morgan fingerprint density at radius 2 is 2.05 bits per heavy atom. The Labute approximate surface area is 113 Å². The maximum Gasteiger partial charge on any atom is 0.294 e. The number of benzene rings is 2. The van der Waals surface area contributed by atoms with Gasteiger partial charge in [0.25, 0.3) is 5.69 Å². The predicted molar refractivity (Wildman–Crippen MR) is 72.2 cm³/mol. The number of hydrogen-bond acceptors (Lipinski definition) is 4. The van der Waals surface area contributed by atoms with Crippen LogP contribution in [-0.2, 0) is 0 Å². The van der Waals surface area contributed by atoms with E-state index in [0.29, 0.717) is 11.4 Å².